The second-order valence-corrected chi connectivity index (χ2v) is 8.70. The summed E-state index contributed by atoms with van der Waals surface area (Å²) in [5.74, 6) is 0.780. The molecule has 0 aliphatic carbocycles. The zero-order valence-corrected chi connectivity index (χ0v) is 17.2. The molecule has 2 aromatic rings. The normalized spacial score (nSPS) is 19.2. The molecule has 1 fully saturated rings. The molecule has 0 bridgehead atoms. The number of nitrogens with zero attached hydrogens (tertiary/aromatic N) is 3. The summed E-state index contributed by atoms with van der Waals surface area (Å²) >= 11 is 0. The molecule has 2 aliphatic rings. The maximum absolute atomic E-state index is 12.9. The van der Waals surface area contributed by atoms with E-state index in [0.717, 1.165) is 36.3 Å². The summed E-state index contributed by atoms with van der Waals surface area (Å²) in [5.41, 5.74) is 2.02. The molecular formula is C22H27N3O4. The zero-order valence-electron chi connectivity index (χ0n) is 17.2. The lowest BCUT2D eigenvalue weighted by Gasteiger charge is -2.29. The molecule has 0 saturated carbocycles. The number of hydrogen-bond donors (Lipinski definition) is 0. The van der Waals surface area contributed by atoms with E-state index in [1.807, 2.05) is 26.8 Å². The van der Waals surface area contributed by atoms with Gasteiger partial charge in [-0.1, -0.05) is 6.07 Å². The van der Waals surface area contributed by atoms with Gasteiger partial charge in [-0.2, -0.15) is 0 Å². The van der Waals surface area contributed by atoms with E-state index >= 15 is 0 Å². The average Bonchev–Trinajstić information content (AvgIpc) is 3.37. The number of carbonyl (C=O) groups is 2. The van der Waals surface area contributed by atoms with Crippen LogP contribution in [-0.4, -0.2) is 47.1 Å². The molecule has 0 N–H and O–H groups in total. The minimum atomic E-state index is -0.507. The molecule has 2 amide bonds. The third-order valence-corrected chi connectivity index (χ3v) is 5.33. The number of ether oxygens (including phenoxy) is 1. The van der Waals surface area contributed by atoms with Gasteiger partial charge in [0, 0.05) is 31.2 Å². The predicted molar refractivity (Wildman–Crippen MR) is 108 cm³/mol. The lowest BCUT2D eigenvalue weighted by molar-refractivity contribution is 0.0292. The monoisotopic (exact) mass is 397 g/mol. The van der Waals surface area contributed by atoms with Crippen LogP contribution in [0.3, 0.4) is 0 Å². The van der Waals surface area contributed by atoms with E-state index in [2.05, 4.69) is 6.07 Å². The van der Waals surface area contributed by atoms with Crippen molar-refractivity contribution in [3.05, 3.63) is 47.5 Å². The summed E-state index contributed by atoms with van der Waals surface area (Å²) in [7, 11) is 0. The molecule has 29 heavy (non-hydrogen) atoms. The molecule has 2 aromatic heterocycles. The van der Waals surface area contributed by atoms with Gasteiger partial charge in [-0.15, -0.1) is 0 Å². The molecule has 1 saturated heterocycles. The molecule has 154 valence electrons. The quantitative estimate of drug-likeness (QED) is 0.766. The van der Waals surface area contributed by atoms with Crippen LogP contribution in [0.5, 0.6) is 0 Å². The third kappa shape index (κ3) is 4.13. The van der Waals surface area contributed by atoms with Crippen molar-refractivity contribution < 1.29 is 18.7 Å². The Morgan fingerprint density at radius 3 is 2.76 bits per heavy atom. The molecule has 7 heteroatoms. The van der Waals surface area contributed by atoms with E-state index in [4.69, 9.17) is 14.1 Å². The number of anilines is 1. The number of fused-ring (bicyclic) bond motifs is 1. The largest absolute Gasteiger partial charge is 0.472 e. The Balaban J connectivity index is 1.53. The van der Waals surface area contributed by atoms with Crippen LogP contribution in [0, 0.1) is 0 Å². The first-order valence-corrected chi connectivity index (χ1v) is 10.1. The fourth-order valence-corrected chi connectivity index (χ4v) is 3.92. The minimum absolute atomic E-state index is 0.0915. The van der Waals surface area contributed by atoms with E-state index in [9.17, 15) is 9.59 Å². The predicted octanol–water partition coefficient (Wildman–Crippen LogP) is 3.99. The van der Waals surface area contributed by atoms with Gasteiger partial charge < -0.3 is 14.1 Å². The Hall–Kier alpha value is -2.83. The molecule has 7 nitrogen and oxygen atoms in total. The van der Waals surface area contributed by atoms with Gasteiger partial charge in [0.2, 0.25) is 0 Å². The smallest absolute Gasteiger partial charge is 0.410 e. The Morgan fingerprint density at radius 2 is 2.03 bits per heavy atom. The number of likely N-dealkylation sites (tertiary alicyclic amines) is 1. The van der Waals surface area contributed by atoms with E-state index in [0.29, 0.717) is 25.2 Å². The standard InChI is InChI=1S/C22H27N3O4/c1-22(2,3)29-21(27)24-11-8-16(13-24)18-7-6-15-5-4-10-25(19(15)23-18)20(26)17-9-12-28-14-17/h6-7,9,12,14,16H,4-5,8,10-11,13H2,1-3H3. The number of furan rings is 1. The van der Waals surface area contributed by atoms with E-state index in [1.165, 1.54) is 12.5 Å². The van der Waals surface area contributed by atoms with Crippen LogP contribution < -0.4 is 4.90 Å². The van der Waals surface area contributed by atoms with Crippen LogP contribution in [0.1, 0.15) is 61.1 Å². The molecule has 1 unspecified atom stereocenters. The Bertz CT molecular complexity index is 901. The maximum Gasteiger partial charge on any atom is 0.410 e. The van der Waals surface area contributed by atoms with Crippen molar-refractivity contribution in [2.24, 2.45) is 0 Å². The molecule has 0 aromatic carbocycles. The minimum Gasteiger partial charge on any atom is -0.472 e. The summed E-state index contributed by atoms with van der Waals surface area (Å²) in [6, 6.07) is 5.78. The van der Waals surface area contributed by atoms with Crippen molar-refractivity contribution in [1.29, 1.82) is 0 Å². The number of aryl methyl sites for hydroxylation is 1. The molecule has 2 aliphatic heterocycles. The van der Waals surface area contributed by atoms with Gasteiger partial charge in [-0.3, -0.25) is 9.69 Å². The van der Waals surface area contributed by atoms with Crippen LogP contribution in [0.25, 0.3) is 0 Å². The van der Waals surface area contributed by atoms with Gasteiger partial charge in [-0.05, 0) is 57.7 Å². The van der Waals surface area contributed by atoms with Gasteiger partial charge >= 0.3 is 6.09 Å². The van der Waals surface area contributed by atoms with Crippen LogP contribution in [-0.2, 0) is 11.2 Å². The van der Waals surface area contributed by atoms with Crippen LogP contribution >= 0.6 is 0 Å². The SMILES string of the molecule is CC(C)(C)OC(=O)N1CCC(c2ccc3c(n2)N(C(=O)c2ccoc2)CCC3)C1. The first-order valence-electron chi connectivity index (χ1n) is 10.1. The summed E-state index contributed by atoms with van der Waals surface area (Å²) in [6.07, 6.45) is 5.34. The van der Waals surface area contributed by atoms with E-state index < -0.39 is 5.60 Å². The van der Waals surface area contributed by atoms with Crippen LogP contribution in [0.2, 0.25) is 0 Å². The van der Waals surface area contributed by atoms with Crippen molar-refractivity contribution in [2.75, 3.05) is 24.5 Å². The molecule has 4 heterocycles. The Labute approximate surface area is 170 Å². The molecule has 0 spiro atoms. The number of rotatable bonds is 2. The zero-order chi connectivity index (χ0) is 20.6. The van der Waals surface area contributed by atoms with Crippen molar-refractivity contribution >= 4 is 17.8 Å². The lowest BCUT2D eigenvalue weighted by atomic mass is 10.00. The van der Waals surface area contributed by atoms with E-state index in [1.54, 1.807) is 15.9 Å². The topological polar surface area (TPSA) is 75.9 Å². The van der Waals surface area contributed by atoms with Crippen molar-refractivity contribution in [3.63, 3.8) is 0 Å². The second-order valence-electron chi connectivity index (χ2n) is 8.70. The highest BCUT2D eigenvalue weighted by atomic mass is 16.6. The average molecular weight is 397 g/mol. The number of aromatic nitrogens is 1. The third-order valence-electron chi connectivity index (χ3n) is 5.33. The van der Waals surface area contributed by atoms with Gasteiger partial charge in [0.05, 0.1) is 11.8 Å². The van der Waals surface area contributed by atoms with Gasteiger partial charge in [-0.25, -0.2) is 9.78 Å². The highest BCUT2D eigenvalue weighted by Gasteiger charge is 2.33. The number of hydrogen-bond acceptors (Lipinski definition) is 5. The fourth-order valence-electron chi connectivity index (χ4n) is 3.92. The Kier molecular flexibility index (Phi) is 5.06. The van der Waals surface area contributed by atoms with Gasteiger partial charge in [0.1, 0.15) is 17.7 Å². The van der Waals surface area contributed by atoms with Crippen LogP contribution in [0.4, 0.5) is 10.6 Å². The van der Waals surface area contributed by atoms with Crippen molar-refractivity contribution in [3.8, 4) is 0 Å². The van der Waals surface area contributed by atoms with E-state index in [-0.39, 0.29) is 17.9 Å². The van der Waals surface area contributed by atoms with Gasteiger partial charge in [0.25, 0.3) is 5.91 Å². The first kappa shape index (κ1) is 19.5. The highest BCUT2D eigenvalue weighted by Crippen LogP contribution is 2.32. The number of carbonyl (C=O) groups excluding carboxylic acids is 2. The van der Waals surface area contributed by atoms with Crippen molar-refractivity contribution in [1.82, 2.24) is 9.88 Å². The first-order chi connectivity index (χ1) is 13.8. The second kappa shape index (κ2) is 7.54. The van der Waals surface area contributed by atoms with Gasteiger partial charge in [0.15, 0.2) is 0 Å². The molecule has 4 rings (SSSR count). The number of amides is 2. The summed E-state index contributed by atoms with van der Waals surface area (Å²) in [6.45, 7) is 7.48. The molecule has 1 atom stereocenters. The molecular weight excluding hydrogens is 370 g/mol. The van der Waals surface area contributed by atoms with Crippen molar-refractivity contribution in [2.45, 2.75) is 51.6 Å². The maximum atomic E-state index is 12.9. The molecule has 0 radical (unpaired) electrons. The number of pyridine rings is 1. The summed E-state index contributed by atoms with van der Waals surface area (Å²) in [4.78, 5) is 33.6. The van der Waals surface area contributed by atoms with Crippen LogP contribution in [0.15, 0.2) is 35.1 Å². The summed E-state index contributed by atoms with van der Waals surface area (Å²) < 4.78 is 10.6. The Morgan fingerprint density at radius 1 is 1.21 bits per heavy atom. The fraction of sp³-hybridized carbons (Fsp3) is 0.500. The summed E-state index contributed by atoms with van der Waals surface area (Å²) in [5, 5.41) is 0. The lowest BCUT2D eigenvalue weighted by Crippen LogP contribution is -2.36. The highest BCUT2D eigenvalue weighted by molar-refractivity contribution is 6.05.